The lowest BCUT2D eigenvalue weighted by atomic mass is 10.1. The smallest absolute Gasteiger partial charge is 0.331 e. The van der Waals surface area contributed by atoms with Crippen LogP contribution in [0.4, 0.5) is 0 Å². The van der Waals surface area contributed by atoms with Gasteiger partial charge in [-0.15, -0.1) is 0 Å². The van der Waals surface area contributed by atoms with E-state index in [1.165, 1.54) is 24.4 Å². The molecule has 1 aromatic heterocycles. The molecule has 0 aliphatic carbocycles. The van der Waals surface area contributed by atoms with Crippen LogP contribution in [0.1, 0.15) is 36.7 Å². The number of hydrogen-bond donors (Lipinski definition) is 1. The number of nitrogens with one attached hydrogen (secondary N) is 1. The molecule has 0 bridgehead atoms. The van der Waals surface area contributed by atoms with E-state index in [4.69, 9.17) is 21.7 Å². The zero-order valence-electron chi connectivity index (χ0n) is 11.4. The first kappa shape index (κ1) is 16.0. The summed E-state index contributed by atoms with van der Waals surface area (Å²) in [5.41, 5.74) is 0.0152. The molecule has 0 spiro atoms. The highest BCUT2D eigenvalue weighted by Crippen LogP contribution is 2.15. The maximum Gasteiger partial charge on any atom is 0.331 e. The minimum Gasteiger partial charge on any atom is -0.457 e. The van der Waals surface area contributed by atoms with Crippen molar-refractivity contribution in [3.63, 3.8) is 0 Å². The molecule has 6 heteroatoms. The minimum absolute atomic E-state index is 0.143. The SMILES string of the molecule is CC(C)(C)OC(=O)/C=C/c1cnc(Cl)cc1C(=O)C=N. The molecule has 1 heterocycles. The van der Waals surface area contributed by atoms with Crippen LogP contribution in [0.5, 0.6) is 0 Å². The number of carbonyl (C=O) groups is 2. The summed E-state index contributed by atoms with van der Waals surface area (Å²) in [5, 5.41) is 7.14. The Balaban J connectivity index is 3.00. The van der Waals surface area contributed by atoms with E-state index >= 15 is 0 Å². The molecule has 1 N–H and O–H groups in total. The summed E-state index contributed by atoms with van der Waals surface area (Å²) in [5.74, 6) is -1.04. The second-order valence-corrected chi connectivity index (χ2v) is 5.36. The Labute approximate surface area is 122 Å². The van der Waals surface area contributed by atoms with Gasteiger partial charge in [-0.2, -0.15) is 0 Å². The van der Waals surface area contributed by atoms with Crippen molar-refractivity contribution < 1.29 is 14.3 Å². The van der Waals surface area contributed by atoms with Crippen LogP contribution < -0.4 is 0 Å². The first-order chi connectivity index (χ1) is 9.23. The van der Waals surface area contributed by atoms with E-state index in [2.05, 4.69) is 4.98 Å². The molecule has 0 unspecified atom stereocenters. The third kappa shape index (κ3) is 4.93. The zero-order chi connectivity index (χ0) is 15.3. The van der Waals surface area contributed by atoms with Gasteiger partial charge in [-0.3, -0.25) is 4.79 Å². The van der Waals surface area contributed by atoms with Crippen LogP contribution in [-0.4, -0.2) is 28.6 Å². The Morgan fingerprint density at radius 2 is 2.05 bits per heavy atom. The maximum absolute atomic E-state index is 11.6. The van der Waals surface area contributed by atoms with Crippen LogP contribution in [0, 0.1) is 5.41 Å². The third-order valence-corrected chi connectivity index (χ3v) is 2.31. The highest BCUT2D eigenvalue weighted by molar-refractivity contribution is 6.36. The van der Waals surface area contributed by atoms with E-state index in [0.717, 1.165) is 0 Å². The summed E-state index contributed by atoms with van der Waals surface area (Å²) in [6.07, 6.45) is 4.65. The van der Waals surface area contributed by atoms with Crippen molar-refractivity contribution in [2.75, 3.05) is 0 Å². The number of ether oxygens (including phenoxy) is 1. The molecule has 20 heavy (non-hydrogen) atoms. The fourth-order valence-electron chi connectivity index (χ4n) is 1.36. The van der Waals surface area contributed by atoms with E-state index < -0.39 is 17.4 Å². The van der Waals surface area contributed by atoms with Gasteiger partial charge in [0.25, 0.3) is 0 Å². The Hall–Kier alpha value is -2.01. The van der Waals surface area contributed by atoms with Gasteiger partial charge in [0.2, 0.25) is 5.78 Å². The quantitative estimate of drug-likeness (QED) is 0.304. The molecule has 0 amide bonds. The fourth-order valence-corrected chi connectivity index (χ4v) is 1.52. The molecular formula is C14H15ClN2O3. The van der Waals surface area contributed by atoms with Crippen LogP contribution in [0.15, 0.2) is 18.3 Å². The number of halogens is 1. The summed E-state index contributed by atoms with van der Waals surface area (Å²) >= 11 is 5.71. The lowest BCUT2D eigenvalue weighted by Gasteiger charge is -2.17. The van der Waals surface area contributed by atoms with Gasteiger partial charge in [0.1, 0.15) is 10.8 Å². The second kappa shape index (κ2) is 6.43. The number of esters is 1. The molecule has 0 saturated carbocycles. The first-order valence-corrected chi connectivity index (χ1v) is 6.22. The standard InChI is InChI=1S/C14H15ClN2O3/c1-14(2,3)20-13(19)5-4-9-8-17-12(15)6-10(9)11(18)7-16/h4-8,16H,1-3H3/b5-4+,16-7?. The minimum atomic E-state index is -0.590. The van der Waals surface area contributed by atoms with Crippen molar-refractivity contribution in [2.45, 2.75) is 26.4 Å². The highest BCUT2D eigenvalue weighted by atomic mass is 35.5. The number of rotatable bonds is 4. The summed E-state index contributed by atoms with van der Waals surface area (Å²) in [7, 11) is 0. The predicted molar refractivity (Wildman–Crippen MR) is 77.2 cm³/mol. The van der Waals surface area contributed by atoms with Crippen molar-refractivity contribution >= 4 is 35.6 Å². The molecule has 0 aliphatic heterocycles. The van der Waals surface area contributed by atoms with Crippen molar-refractivity contribution in [3.05, 3.63) is 34.6 Å². The Bertz CT molecular complexity index is 574. The summed E-state index contributed by atoms with van der Waals surface area (Å²) < 4.78 is 5.11. The first-order valence-electron chi connectivity index (χ1n) is 5.84. The van der Waals surface area contributed by atoms with Gasteiger partial charge in [-0.1, -0.05) is 11.6 Å². The number of ketones is 1. The van der Waals surface area contributed by atoms with Gasteiger partial charge in [0.05, 0.1) is 6.21 Å². The Morgan fingerprint density at radius 1 is 1.40 bits per heavy atom. The molecule has 0 aliphatic rings. The van der Waals surface area contributed by atoms with Crippen LogP contribution >= 0.6 is 11.6 Å². The monoisotopic (exact) mass is 294 g/mol. The van der Waals surface area contributed by atoms with Crippen molar-refractivity contribution in [1.82, 2.24) is 4.98 Å². The number of pyridine rings is 1. The fraction of sp³-hybridized carbons (Fsp3) is 0.286. The van der Waals surface area contributed by atoms with Crippen molar-refractivity contribution in [2.24, 2.45) is 0 Å². The summed E-state index contributed by atoms with van der Waals surface area (Å²) in [6, 6.07) is 1.35. The molecular weight excluding hydrogens is 280 g/mol. The summed E-state index contributed by atoms with van der Waals surface area (Å²) in [4.78, 5) is 27.0. The van der Waals surface area contributed by atoms with E-state index in [-0.39, 0.29) is 10.7 Å². The normalized spacial score (nSPS) is 11.4. The van der Waals surface area contributed by atoms with Gasteiger partial charge in [-0.25, -0.2) is 9.78 Å². The molecule has 0 aromatic carbocycles. The van der Waals surface area contributed by atoms with E-state index in [0.29, 0.717) is 11.8 Å². The maximum atomic E-state index is 11.6. The van der Waals surface area contributed by atoms with Gasteiger partial charge in [-0.05, 0) is 32.9 Å². The lowest BCUT2D eigenvalue weighted by molar-refractivity contribution is -0.148. The predicted octanol–water partition coefficient (Wildman–Crippen LogP) is 2.92. The van der Waals surface area contributed by atoms with Gasteiger partial charge in [0, 0.05) is 23.4 Å². The van der Waals surface area contributed by atoms with Crippen LogP contribution in [-0.2, 0) is 9.53 Å². The van der Waals surface area contributed by atoms with Crippen molar-refractivity contribution in [3.8, 4) is 0 Å². The van der Waals surface area contributed by atoms with Gasteiger partial charge >= 0.3 is 5.97 Å². The molecule has 5 nitrogen and oxygen atoms in total. The van der Waals surface area contributed by atoms with Crippen LogP contribution in [0.25, 0.3) is 6.08 Å². The number of Topliss-reactive ketones (excluding diaryl/α,β-unsaturated/α-hetero) is 1. The molecule has 1 aromatic rings. The topological polar surface area (TPSA) is 80.1 Å². The molecule has 1 rings (SSSR count). The van der Waals surface area contributed by atoms with Crippen LogP contribution in [0.3, 0.4) is 0 Å². The number of nitrogens with zero attached hydrogens (tertiary/aromatic N) is 1. The zero-order valence-corrected chi connectivity index (χ0v) is 12.2. The molecule has 106 valence electrons. The van der Waals surface area contributed by atoms with E-state index in [1.54, 1.807) is 20.8 Å². The molecule has 0 radical (unpaired) electrons. The third-order valence-electron chi connectivity index (χ3n) is 2.10. The second-order valence-electron chi connectivity index (χ2n) is 4.97. The van der Waals surface area contributed by atoms with Gasteiger partial charge < -0.3 is 10.1 Å². The van der Waals surface area contributed by atoms with Gasteiger partial charge in [0.15, 0.2) is 0 Å². The van der Waals surface area contributed by atoms with E-state index in [9.17, 15) is 9.59 Å². The lowest BCUT2D eigenvalue weighted by Crippen LogP contribution is -2.22. The average molecular weight is 295 g/mol. The average Bonchev–Trinajstić information content (AvgIpc) is 2.34. The Kier molecular flexibility index (Phi) is 5.16. The molecule has 0 atom stereocenters. The number of hydrogen-bond acceptors (Lipinski definition) is 5. The summed E-state index contributed by atoms with van der Waals surface area (Å²) in [6.45, 7) is 5.27. The number of aromatic nitrogens is 1. The molecule has 0 saturated heterocycles. The van der Waals surface area contributed by atoms with Crippen LogP contribution in [0.2, 0.25) is 5.15 Å². The Morgan fingerprint density at radius 3 is 2.60 bits per heavy atom. The van der Waals surface area contributed by atoms with E-state index in [1.807, 2.05) is 0 Å². The number of carbonyl (C=O) groups excluding carboxylic acids is 2. The highest BCUT2D eigenvalue weighted by Gasteiger charge is 2.14. The largest absolute Gasteiger partial charge is 0.457 e. The van der Waals surface area contributed by atoms with Crippen molar-refractivity contribution in [1.29, 1.82) is 5.41 Å². The molecule has 0 fully saturated rings.